The van der Waals surface area contributed by atoms with E-state index in [0.717, 1.165) is 41.1 Å². The monoisotopic (exact) mass is 277 g/mol. The van der Waals surface area contributed by atoms with E-state index in [9.17, 15) is 9.59 Å². The predicted molar refractivity (Wildman–Crippen MR) is 78.0 cm³/mol. The van der Waals surface area contributed by atoms with Crippen molar-refractivity contribution in [2.75, 3.05) is 18.1 Å². The summed E-state index contributed by atoms with van der Waals surface area (Å²) in [5.74, 6) is 0.171. The summed E-state index contributed by atoms with van der Waals surface area (Å²) in [7, 11) is 1.81. The number of thioether (sulfide) groups is 1. The maximum Gasteiger partial charge on any atom is 0.219 e. The fourth-order valence-corrected chi connectivity index (χ4v) is 2.51. The zero-order chi connectivity index (χ0) is 13.8. The Morgan fingerprint density at radius 3 is 2.89 bits per heavy atom. The second kappa shape index (κ2) is 5.93. The van der Waals surface area contributed by atoms with Crippen molar-refractivity contribution < 1.29 is 14.0 Å². The van der Waals surface area contributed by atoms with Gasteiger partial charge in [0.1, 0.15) is 11.9 Å². The molecule has 19 heavy (non-hydrogen) atoms. The first kappa shape index (κ1) is 13.7. The van der Waals surface area contributed by atoms with E-state index in [4.69, 9.17) is 4.42 Å². The normalized spacial score (nSPS) is 10.6. The van der Waals surface area contributed by atoms with E-state index in [1.54, 1.807) is 18.4 Å². The van der Waals surface area contributed by atoms with Gasteiger partial charge in [0, 0.05) is 29.2 Å². The third-order valence-corrected chi connectivity index (χ3v) is 3.72. The molecular formula is C14H15NO3S. The van der Waals surface area contributed by atoms with Crippen LogP contribution in [0.25, 0.3) is 11.0 Å². The lowest BCUT2D eigenvalue weighted by Crippen LogP contribution is -1.98. The molecule has 5 heteroatoms. The number of nitrogens with one attached hydrogen (secondary N) is 1. The minimum Gasteiger partial charge on any atom is -0.464 e. The number of carbonyl (C=O) groups is 2. The van der Waals surface area contributed by atoms with E-state index in [-0.39, 0.29) is 10.9 Å². The van der Waals surface area contributed by atoms with Crippen LogP contribution in [0.1, 0.15) is 22.8 Å². The SMILES string of the molecule is CCc1coc2cc(C(=O)SCC=O)cc(NC)c12. The van der Waals surface area contributed by atoms with E-state index in [1.165, 1.54) is 0 Å². The highest BCUT2D eigenvalue weighted by Crippen LogP contribution is 2.31. The molecule has 0 amide bonds. The maximum absolute atomic E-state index is 11.9. The van der Waals surface area contributed by atoms with Crippen LogP contribution in [0.3, 0.4) is 0 Å². The first-order valence-electron chi connectivity index (χ1n) is 6.03. The Balaban J connectivity index is 2.48. The van der Waals surface area contributed by atoms with Crippen molar-refractivity contribution in [2.24, 2.45) is 0 Å². The molecule has 1 aromatic heterocycles. The van der Waals surface area contributed by atoms with Crippen LogP contribution in [0.5, 0.6) is 0 Å². The molecule has 0 aliphatic carbocycles. The van der Waals surface area contributed by atoms with Gasteiger partial charge in [-0.05, 0) is 18.6 Å². The van der Waals surface area contributed by atoms with Gasteiger partial charge in [-0.3, -0.25) is 4.79 Å². The first-order chi connectivity index (χ1) is 9.21. The fourth-order valence-electron chi connectivity index (χ4n) is 2.00. The standard InChI is InChI=1S/C14H15NO3S/c1-3-9-8-18-12-7-10(14(17)19-5-4-16)6-11(15-2)13(9)12/h4,6-8,15H,3,5H2,1-2H3. The minimum absolute atomic E-state index is 0.125. The number of carbonyl (C=O) groups excluding carboxylic acids is 2. The Hall–Kier alpha value is -1.75. The van der Waals surface area contributed by atoms with E-state index in [2.05, 4.69) is 12.2 Å². The Morgan fingerprint density at radius 1 is 1.47 bits per heavy atom. The molecule has 0 spiro atoms. The van der Waals surface area contributed by atoms with E-state index >= 15 is 0 Å². The molecule has 0 unspecified atom stereocenters. The summed E-state index contributed by atoms with van der Waals surface area (Å²) in [6, 6.07) is 3.53. The lowest BCUT2D eigenvalue weighted by Gasteiger charge is -2.06. The molecule has 0 radical (unpaired) electrons. The zero-order valence-electron chi connectivity index (χ0n) is 10.9. The first-order valence-corrected chi connectivity index (χ1v) is 7.02. The average molecular weight is 277 g/mol. The third kappa shape index (κ3) is 2.66. The molecule has 2 aromatic rings. The van der Waals surface area contributed by atoms with E-state index in [0.29, 0.717) is 11.1 Å². The second-order valence-electron chi connectivity index (χ2n) is 4.03. The smallest absolute Gasteiger partial charge is 0.219 e. The minimum atomic E-state index is -0.125. The number of anilines is 1. The van der Waals surface area contributed by atoms with Crippen molar-refractivity contribution in [1.29, 1.82) is 0 Å². The summed E-state index contributed by atoms with van der Waals surface area (Å²) in [5.41, 5.74) is 3.22. The molecular weight excluding hydrogens is 262 g/mol. The van der Waals surface area contributed by atoms with Crippen LogP contribution in [0.4, 0.5) is 5.69 Å². The number of hydrogen-bond acceptors (Lipinski definition) is 5. The topological polar surface area (TPSA) is 59.3 Å². The highest BCUT2D eigenvalue weighted by molar-refractivity contribution is 8.14. The summed E-state index contributed by atoms with van der Waals surface area (Å²) in [6.45, 7) is 2.06. The Morgan fingerprint density at radius 2 is 2.26 bits per heavy atom. The van der Waals surface area contributed by atoms with Gasteiger partial charge >= 0.3 is 0 Å². The molecule has 2 rings (SSSR count). The van der Waals surface area contributed by atoms with Crippen molar-refractivity contribution >= 4 is 39.8 Å². The summed E-state index contributed by atoms with van der Waals surface area (Å²) < 4.78 is 5.51. The Kier molecular flexibility index (Phi) is 4.27. The molecule has 0 aliphatic rings. The fraction of sp³-hybridized carbons (Fsp3) is 0.286. The van der Waals surface area contributed by atoms with Gasteiger partial charge in [0.25, 0.3) is 0 Å². The van der Waals surface area contributed by atoms with Crippen molar-refractivity contribution in [3.05, 3.63) is 29.5 Å². The van der Waals surface area contributed by atoms with Crippen LogP contribution in [0.15, 0.2) is 22.8 Å². The quantitative estimate of drug-likeness (QED) is 0.851. The predicted octanol–water partition coefficient (Wildman–Crippen LogP) is 3.11. The molecule has 1 aromatic carbocycles. The van der Waals surface area contributed by atoms with Crippen molar-refractivity contribution in [1.82, 2.24) is 0 Å². The van der Waals surface area contributed by atoms with Gasteiger partial charge in [0.05, 0.1) is 12.0 Å². The van der Waals surface area contributed by atoms with E-state index < -0.39 is 0 Å². The number of rotatable bonds is 5. The van der Waals surface area contributed by atoms with Gasteiger partial charge < -0.3 is 14.5 Å². The van der Waals surface area contributed by atoms with E-state index in [1.807, 2.05) is 7.05 Å². The summed E-state index contributed by atoms with van der Waals surface area (Å²) >= 11 is 0.993. The average Bonchev–Trinajstić information content (AvgIpc) is 2.86. The summed E-state index contributed by atoms with van der Waals surface area (Å²) in [4.78, 5) is 22.2. The largest absolute Gasteiger partial charge is 0.464 e. The lowest BCUT2D eigenvalue weighted by molar-refractivity contribution is -0.105. The highest BCUT2D eigenvalue weighted by atomic mass is 32.2. The molecule has 100 valence electrons. The highest BCUT2D eigenvalue weighted by Gasteiger charge is 2.14. The Bertz CT molecular complexity index is 618. The summed E-state index contributed by atoms with van der Waals surface area (Å²) in [5, 5.41) is 3.98. The van der Waals surface area contributed by atoms with Gasteiger partial charge in [-0.2, -0.15) is 0 Å². The maximum atomic E-state index is 11.9. The summed E-state index contributed by atoms with van der Waals surface area (Å²) in [6.07, 6.45) is 3.31. The molecule has 1 N–H and O–H groups in total. The molecule has 0 aliphatic heterocycles. The van der Waals surface area contributed by atoms with Crippen LogP contribution in [0, 0.1) is 0 Å². The third-order valence-electron chi connectivity index (χ3n) is 2.92. The Labute approximate surface area is 115 Å². The number of benzene rings is 1. The van der Waals surface area contributed by atoms with Gasteiger partial charge in [0.15, 0.2) is 0 Å². The number of hydrogen-bond donors (Lipinski definition) is 1. The van der Waals surface area contributed by atoms with Crippen LogP contribution < -0.4 is 5.32 Å². The zero-order valence-corrected chi connectivity index (χ0v) is 11.7. The van der Waals surface area contributed by atoms with Crippen LogP contribution in [0.2, 0.25) is 0 Å². The van der Waals surface area contributed by atoms with Crippen molar-refractivity contribution in [3.8, 4) is 0 Å². The second-order valence-corrected chi connectivity index (χ2v) is 5.02. The lowest BCUT2D eigenvalue weighted by atomic mass is 10.1. The number of aryl methyl sites for hydroxylation is 1. The van der Waals surface area contributed by atoms with Gasteiger partial charge in [0.2, 0.25) is 5.12 Å². The van der Waals surface area contributed by atoms with Crippen LogP contribution in [-0.4, -0.2) is 24.2 Å². The molecule has 0 saturated heterocycles. The van der Waals surface area contributed by atoms with Crippen LogP contribution >= 0.6 is 11.8 Å². The molecule has 1 heterocycles. The van der Waals surface area contributed by atoms with Gasteiger partial charge in [-0.15, -0.1) is 0 Å². The molecule has 0 saturated carbocycles. The van der Waals surface area contributed by atoms with Crippen molar-refractivity contribution in [3.63, 3.8) is 0 Å². The number of fused-ring (bicyclic) bond motifs is 1. The molecule has 0 atom stereocenters. The van der Waals surface area contributed by atoms with Crippen molar-refractivity contribution in [2.45, 2.75) is 13.3 Å². The van der Waals surface area contributed by atoms with Crippen LogP contribution in [-0.2, 0) is 11.2 Å². The molecule has 4 nitrogen and oxygen atoms in total. The van der Waals surface area contributed by atoms with Gasteiger partial charge in [-0.25, -0.2) is 0 Å². The van der Waals surface area contributed by atoms with Gasteiger partial charge in [-0.1, -0.05) is 18.7 Å². The molecule has 0 fully saturated rings. The number of furan rings is 1. The molecule has 0 bridgehead atoms. The number of aldehydes is 1.